The molecule has 0 bridgehead atoms. The summed E-state index contributed by atoms with van der Waals surface area (Å²) in [5, 5.41) is 54.3. The average molecular weight is 740 g/mol. The van der Waals surface area contributed by atoms with E-state index in [0.717, 1.165) is 55.8 Å². The smallest absolute Gasteiger partial charge is 0.220 e. The van der Waals surface area contributed by atoms with Crippen LogP contribution in [0.1, 0.15) is 129 Å². The number of unbranched alkanes of at least 4 members (excludes halogenated alkanes) is 15. The molecule has 2 aliphatic rings. The molecule has 2 aliphatic heterocycles. The van der Waals surface area contributed by atoms with E-state index in [1.165, 1.54) is 70.6 Å². The first-order chi connectivity index (χ1) is 23.8. The molecule has 0 radical (unpaired) electrons. The van der Waals surface area contributed by atoms with Gasteiger partial charge in [0.2, 0.25) is 5.91 Å². The summed E-state index contributed by atoms with van der Waals surface area (Å²) >= 11 is 6.10. The summed E-state index contributed by atoms with van der Waals surface area (Å²) in [5.74, 6) is 3.11. The summed E-state index contributed by atoms with van der Waals surface area (Å²) in [7, 11) is 0. The summed E-state index contributed by atoms with van der Waals surface area (Å²) in [6.45, 7) is 2.17. The molecule has 0 spiro atoms. The van der Waals surface area contributed by atoms with Crippen molar-refractivity contribution in [1.82, 2.24) is 5.32 Å². The molecule has 0 aliphatic carbocycles. The van der Waals surface area contributed by atoms with Gasteiger partial charge < -0.3 is 49.8 Å². The normalized spacial score (nSPS) is 28.9. The van der Waals surface area contributed by atoms with Crippen molar-refractivity contribution in [3.63, 3.8) is 0 Å². The zero-order chi connectivity index (χ0) is 35.7. The number of thioether (sulfide) groups is 1. The molecule has 0 aromatic carbocycles. The summed E-state index contributed by atoms with van der Waals surface area (Å²) in [6, 6.07) is 0. The van der Waals surface area contributed by atoms with E-state index < -0.39 is 61.9 Å². The van der Waals surface area contributed by atoms with Gasteiger partial charge in [-0.3, -0.25) is 4.79 Å². The predicted octanol–water partition coefficient (Wildman–Crippen LogP) is 4.48. The lowest BCUT2D eigenvalue weighted by Gasteiger charge is -2.44. The molecular formula is C36H69NO10S2. The minimum atomic E-state index is -1.37. The van der Waals surface area contributed by atoms with Gasteiger partial charge in [-0.2, -0.15) is 24.4 Å². The zero-order valence-electron chi connectivity index (χ0n) is 30.0. The van der Waals surface area contributed by atoms with E-state index in [9.17, 15) is 30.3 Å². The van der Waals surface area contributed by atoms with Crippen molar-refractivity contribution in [3.05, 3.63) is 0 Å². The van der Waals surface area contributed by atoms with E-state index in [2.05, 4.69) is 17.9 Å². The highest BCUT2D eigenvalue weighted by molar-refractivity contribution is 7.99. The van der Waals surface area contributed by atoms with Gasteiger partial charge in [0.05, 0.1) is 18.8 Å². The number of thiol groups is 1. The van der Waals surface area contributed by atoms with Crippen LogP contribution in [-0.4, -0.2) is 124 Å². The highest BCUT2D eigenvalue weighted by atomic mass is 32.2. The fraction of sp³-hybridized carbons (Fsp3) is 0.972. The molecule has 290 valence electrons. The summed E-state index contributed by atoms with van der Waals surface area (Å²) in [4.78, 5) is 12.1. The second-order valence-electron chi connectivity index (χ2n) is 13.7. The largest absolute Gasteiger partial charge is 0.394 e. The molecule has 0 aromatic heterocycles. The highest BCUT2D eigenvalue weighted by Crippen LogP contribution is 2.29. The monoisotopic (exact) mass is 739 g/mol. The Labute approximate surface area is 305 Å². The first kappa shape index (κ1) is 45.0. The van der Waals surface area contributed by atoms with Crippen LogP contribution in [0.2, 0.25) is 0 Å². The SMILES string of the molecule is C[C@H]1OC(O[C@@H]2[C@@H](O)[C@H](CO)O[C@@H](OCCCCCCSCCNC(=O)CCCCCCCCCCCCCCCS)[C@@H]2O)[C@H](O)C[C@H]1O. The summed E-state index contributed by atoms with van der Waals surface area (Å²) in [5.41, 5.74) is 0. The Bertz CT molecular complexity index is 818. The maximum Gasteiger partial charge on any atom is 0.220 e. The Balaban J connectivity index is 1.41. The summed E-state index contributed by atoms with van der Waals surface area (Å²) in [6.07, 6.45) is 11.3. The van der Waals surface area contributed by atoms with Crippen LogP contribution < -0.4 is 5.32 Å². The number of aliphatic hydroxyl groups excluding tert-OH is 5. The first-order valence-corrected chi connectivity index (χ1v) is 20.9. The Hall–Kier alpha value is -0.190. The fourth-order valence-electron chi connectivity index (χ4n) is 6.23. The van der Waals surface area contributed by atoms with Gasteiger partial charge in [0.25, 0.3) is 0 Å². The number of hydrogen-bond acceptors (Lipinski definition) is 12. The van der Waals surface area contributed by atoms with Crippen LogP contribution in [0.5, 0.6) is 0 Å². The van der Waals surface area contributed by atoms with Crippen molar-refractivity contribution in [1.29, 1.82) is 0 Å². The van der Waals surface area contributed by atoms with E-state index in [1.54, 1.807) is 6.92 Å². The fourth-order valence-corrected chi connectivity index (χ4v) is 7.31. The van der Waals surface area contributed by atoms with Crippen LogP contribution in [-0.2, 0) is 23.7 Å². The average Bonchev–Trinajstić information content (AvgIpc) is 3.08. The quantitative estimate of drug-likeness (QED) is 0.0427. The van der Waals surface area contributed by atoms with Crippen LogP contribution in [0.4, 0.5) is 0 Å². The van der Waals surface area contributed by atoms with Gasteiger partial charge in [0, 0.05) is 31.7 Å². The maximum atomic E-state index is 12.1. The molecule has 49 heavy (non-hydrogen) atoms. The molecule has 2 saturated heterocycles. The molecule has 13 heteroatoms. The van der Waals surface area contributed by atoms with Gasteiger partial charge in [-0.05, 0) is 44.1 Å². The third-order valence-corrected chi connectivity index (χ3v) is 10.8. The third kappa shape index (κ3) is 19.5. The van der Waals surface area contributed by atoms with Gasteiger partial charge in [0.1, 0.15) is 30.5 Å². The first-order valence-electron chi connectivity index (χ1n) is 19.1. The molecule has 2 heterocycles. The minimum Gasteiger partial charge on any atom is -0.394 e. The zero-order valence-corrected chi connectivity index (χ0v) is 31.7. The number of rotatable bonds is 29. The summed E-state index contributed by atoms with van der Waals surface area (Å²) < 4.78 is 22.6. The second-order valence-corrected chi connectivity index (χ2v) is 15.4. The minimum absolute atomic E-state index is 0.0399. The number of carbonyl (C=O) groups is 1. The molecule has 1 unspecified atom stereocenters. The van der Waals surface area contributed by atoms with Crippen LogP contribution in [0.3, 0.4) is 0 Å². The molecule has 6 N–H and O–H groups in total. The number of aliphatic hydroxyl groups is 5. The lowest BCUT2D eigenvalue weighted by atomic mass is 9.98. The van der Waals surface area contributed by atoms with Gasteiger partial charge in [-0.15, -0.1) is 0 Å². The van der Waals surface area contributed by atoms with Crippen LogP contribution in [0.15, 0.2) is 0 Å². The van der Waals surface area contributed by atoms with Gasteiger partial charge in [-0.1, -0.05) is 83.5 Å². The molecule has 11 nitrogen and oxygen atoms in total. The Kier molecular flexibility index (Phi) is 26.0. The second kappa shape index (κ2) is 28.3. The van der Waals surface area contributed by atoms with Gasteiger partial charge in [-0.25, -0.2) is 0 Å². The van der Waals surface area contributed by atoms with Gasteiger partial charge in [0.15, 0.2) is 12.6 Å². The van der Waals surface area contributed by atoms with E-state index in [1.807, 2.05) is 11.8 Å². The molecule has 2 rings (SSSR count). The van der Waals surface area contributed by atoms with E-state index in [-0.39, 0.29) is 12.3 Å². The van der Waals surface area contributed by atoms with Crippen LogP contribution >= 0.6 is 24.4 Å². The molecule has 0 aromatic rings. The molecular weight excluding hydrogens is 671 g/mol. The standard InChI is InChI=1S/C36H69NO10S2/c1-27-28(39)25-29(40)35(45-27)47-34-32(42)30(26-38)46-36(33(34)43)44-21-16-12-14-18-23-49-24-20-37-31(41)19-15-11-9-7-5-3-2-4-6-8-10-13-17-22-48/h27-30,32-36,38-40,42-43,48H,2-26H2,1H3,(H,37,41)/t27-,28-,29-,30+,32+,33-,34-,35?,36-/m1/s1. The highest BCUT2D eigenvalue weighted by Gasteiger charge is 2.48. The molecule has 2 fully saturated rings. The van der Waals surface area contributed by atoms with Crippen molar-refractivity contribution in [2.75, 3.05) is 37.0 Å². The lowest BCUT2D eigenvalue weighted by molar-refractivity contribution is -0.348. The van der Waals surface area contributed by atoms with Gasteiger partial charge >= 0.3 is 0 Å². The van der Waals surface area contributed by atoms with Crippen molar-refractivity contribution < 1.29 is 49.3 Å². The Morgan fingerprint density at radius 2 is 1.35 bits per heavy atom. The van der Waals surface area contributed by atoms with E-state index in [4.69, 9.17) is 18.9 Å². The van der Waals surface area contributed by atoms with Crippen molar-refractivity contribution >= 4 is 30.3 Å². The van der Waals surface area contributed by atoms with Crippen LogP contribution in [0.25, 0.3) is 0 Å². The van der Waals surface area contributed by atoms with E-state index in [0.29, 0.717) is 19.6 Å². The number of amides is 1. The van der Waals surface area contributed by atoms with Crippen molar-refractivity contribution in [3.8, 4) is 0 Å². The molecule has 9 atom stereocenters. The maximum absolute atomic E-state index is 12.1. The van der Waals surface area contributed by atoms with Crippen molar-refractivity contribution in [2.45, 2.75) is 184 Å². The third-order valence-electron chi connectivity index (χ3n) is 9.40. The Morgan fingerprint density at radius 1 is 0.755 bits per heavy atom. The molecule has 0 saturated carbocycles. The lowest BCUT2D eigenvalue weighted by Crippen LogP contribution is -2.62. The topological polar surface area (TPSA) is 167 Å². The van der Waals surface area contributed by atoms with Crippen molar-refractivity contribution in [2.24, 2.45) is 0 Å². The number of ether oxygens (including phenoxy) is 4. The van der Waals surface area contributed by atoms with E-state index >= 15 is 0 Å². The predicted molar refractivity (Wildman–Crippen MR) is 197 cm³/mol. The number of hydrogen-bond donors (Lipinski definition) is 7. The Morgan fingerprint density at radius 3 is 1.98 bits per heavy atom. The number of carbonyl (C=O) groups excluding carboxylic acids is 1. The number of nitrogens with one attached hydrogen (secondary N) is 1. The molecule has 1 amide bonds. The van der Waals surface area contributed by atoms with Crippen LogP contribution in [0, 0.1) is 0 Å².